The first kappa shape index (κ1) is 11.2. The SMILES string of the molecule is Cc1ccsc1C(=O)c1ccc(Cl)c(N)c1. The van der Waals surface area contributed by atoms with E-state index in [1.165, 1.54) is 11.3 Å². The Hall–Kier alpha value is -1.32. The van der Waals surface area contributed by atoms with Gasteiger partial charge in [-0.15, -0.1) is 11.3 Å². The van der Waals surface area contributed by atoms with Crippen molar-refractivity contribution < 1.29 is 4.79 Å². The average Bonchev–Trinajstić information content (AvgIpc) is 2.67. The van der Waals surface area contributed by atoms with Crippen LogP contribution in [0.1, 0.15) is 20.8 Å². The van der Waals surface area contributed by atoms with Crippen LogP contribution in [0, 0.1) is 6.92 Å². The molecule has 0 saturated heterocycles. The Balaban J connectivity index is 2.42. The van der Waals surface area contributed by atoms with Gasteiger partial charge < -0.3 is 5.73 Å². The molecule has 1 heterocycles. The summed E-state index contributed by atoms with van der Waals surface area (Å²) in [6.07, 6.45) is 0. The fourth-order valence-corrected chi connectivity index (χ4v) is 2.43. The number of nitrogens with two attached hydrogens (primary N) is 1. The Morgan fingerprint density at radius 2 is 2.12 bits per heavy atom. The molecule has 1 aromatic heterocycles. The van der Waals surface area contributed by atoms with Crippen LogP contribution in [0.25, 0.3) is 0 Å². The molecule has 2 nitrogen and oxygen atoms in total. The Morgan fingerprint density at radius 3 is 2.69 bits per heavy atom. The minimum absolute atomic E-state index is 0.00383. The average molecular weight is 252 g/mol. The number of rotatable bonds is 2. The molecule has 0 aliphatic rings. The van der Waals surface area contributed by atoms with E-state index in [1.54, 1.807) is 18.2 Å². The van der Waals surface area contributed by atoms with Gasteiger partial charge in [-0.2, -0.15) is 0 Å². The van der Waals surface area contributed by atoms with Gasteiger partial charge in [0.15, 0.2) is 0 Å². The van der Waals surface area contributed by atoms with Gasteiger partial charge in [-0.1, -0.05) is 11.6 Å². The van der Waals surface area contributed by atoms with Crippen molar-refractivity contribution in [1.82, 2.24) is 0 Å². The number of anilines is 1. The highest BCUT2D eigenvalue weighted by atomic mass is 35.5. The smallest absolute Gasteiger partial charge is 0.203 e. The number of benzene rings is 1. The normalized spacial score (nSPS) is 10.4. The van der Waals surface area contributed by atoms with Crippen LogP contribution >= 0.6 is 22.9 Å². The van der Waals surface area contributed by atoms with Crippen molar-refractivity contribution in [2.24, 2.45) is 0 Å². The monoisotopic (exact) mass is 251 g/mol. The van der Waals surface area contributed by atoms with E-state index in [9.17, 15) is 4.79 Å². The van der Waals surface area contributed by atoms with Crippen molar-refractivity contribution in [3.05, 3.63) is 50.7 Å². The van der Waals surface area contributed by atoms with Gasteiger partial charge in [0.2, 0.25) is 5.78 Å². The predicted molar refractivity (Wildman–Crippen MR) is 68.4 cm³/mol. The summed E-state index contributed by atoms with van der Waals surface area (Å²) < 4.78 is 0. The van der Waals surface area contributed by atoms with Crippen molar-refractivity contribution in [2.75, 3.05) is 5.73 Å². The molecular formula is C12H10ClNOS. The van der Waals surface area contributed by atoms with Crippen LogP contribution in [0.5, 0.6) is 0 Å². The molecule has 0 amide bonds. The van der Waals surface area contributed by atoms with Crippen molar-refractivity contribution in [3.8, 4) is 0 Å². The highest BCUT2D eigenvalue weighted by Gasteiger charge is 2.13. The van der Waals surface area contributed by atoms with Gasteiger partial charge in [0.25, 0.3) is 0 Å². The minimum atomic E-state index is -0.00383. The maximum atomic E-state index is 12.1. The molecule has 16 heavy (non-hydrogen) atoms. The number of nitrogen functional groups attached to an aromatic ring is 1. The Bertz CT molecular complexity index is 548. The molecule has 0 saturated carbocycles. The van der Waals surface area contributed by atoms with E-state index in [0.29, 0.717) is 16.3 Å². The molecule has 1 aromatic carbocycles. The van der Waals surface area contributed by atoms with E-state index in [2.05, 4.69) is 0 Å². The molecule has 0 unspecified atom stereocenters. The summed E-state index contributed by atoms with van der Waals surface area (Å²) >= 11 is 7.25. The van der Waals surface area contributed by atoms with Crippen LogP contribution in [0.4, 0.5) is 5.69 Å². The van der Waals surface area contributed by atoms with Gasteiger partial charge >= 0.3 is 0 Å². The lowest BCUT2D eigenvalue weighted by atomic mass is 10.1. The molecule has 2 aromatic rings. The molecule has 0 bridgehead atoms. The molecule has 0 radical (unpaired) electrons. The molecule has 2 rings (SSSR count). The zero-order valence-corrected chi connectivity index (χ0v) is 10.2. The summed E-state index contributed by atoms with van der Waals surface area (Å²) in [7, 11) is 0. The quantitative estimate of drug-likeness (QED) is 0.656. The summed E-state index contributed by atoms with van der Waals surface area (Å²) in [5.74, 6) is -0.00383. The van der Waals surface area contributed by atoms with Gasteiger partial charge in [-0.05, 0) is 42.1 Å². The molecule has 82 valence electrons. The van der Waals surface area contributed by atoms with E-state index in [1.807, 2.05) is 18.4 Å². The highest BCUT2D eigenvalue weighted by molar-refractivity contribution is 7.12. The van der Waals surface area contributed by atoms with Gasteiger partial charge in [-0.25, -0.2) is 0 Å². The van der Waals surface area contributed by atoms with E-state index >= 15 is 0 Å². The topological polar surface area (TPSA) is 43.1 Å². The standard InChI is InChI=1S/C12H10ClNOS/c1-7-4-5-16-12(7)11(15)8-2-3-9(13)10(14)6-8/h2-6H,14H2,1H3. The summed E-state index contributed by atoms with van der Waals surface area (Å²) in [6, 6.07) is 6.88. The maximum Gasteiger partial charge on any atom is 0.203 e. The Labute approximate surface area is 103 Å². The first-order chi connectivity index (χ1) is 7.59. The lowest BCUT2D eigenvalue weighted by molar-refractivity contribution is 0.104. The van der Waals surface area contributed by atoms with Crippen molar-refractivity contribution >= 4 is 34.4 Å². The predicted octanol–water partition coefficient (Wildman–Crippen LogP) is 3.52. The fraction of sp³-hybridized carbons (Fsp3) is 0.0833. The van der Waals surface area contributed by atoms with Crippen molar-refractivity contribution in [1.29, 1.82) is 0 Å². The fourth-order valence-electron chi connectivity index (χ4n) is 1.42. The number of aryl methyl sites for hydroxylation is 1. The second kappa shape index (κ2) is 4.28. The molecule has 0 fully saturated rings. The number of carbonyl (C=O) groups is 1. The first-order valence-corrected chi connectivity index (χ1v) is 5.99. The Morgan fingerprint density at radius 1 is 1.38 bits per heavy atom. The first-order valence-electron chi connectivity index (χ1n) is 4.73. The Kier molecular flexibility index (Phi) is 2.99. The van der Waals surface area contributed by atoms with Gasteiger partial charge in [-0.3, -0.25) is 4.79 Å². The summed E-state index contributed by atoms with van der Waals surface area (Å²) in [4.78, 5) is 12.9. The van der Waals surface area contributed by atoms with E-state index < -0.39 is 0 Å². The van der Waals surface area contributed by atoms with E-state index in [4.69, 9.17) is 17.3 Å². The van der Waals surface area contributed by atoms with Crippen LogP contribution in [-0.4, -0.2) is 5.78 Å². The molecule has 0 spiro atoms. The second-order valence-electron chi connectivity index (χ2n) is 3.50. The zero-order valence-electron chi connectivity index (χ0n) is 8.66. The van der Waals surface area contributed by atoms with E-state index in [-0.39, 0.29) is 5.78 Å². The van der Waals surface area contributed by atoms with Crippen molar-refractivity contribution in [2.45, 2.75) is 6.92 Å². The summed E-state index contributed by atoms with van der Waals surface area (Å²) in [6.45, 7) is 1.92. The minimum Gasteiger partial charge on any atom is -0.398 e. The third kappa shape index (κ3) is 1.96. The number of hydrogen-bond acceptors (Lipinski definition) is 3. The van der Waals surface area contributed by atoms with Crippen molar-refractivity contribution in [3.63, 3.8) is 0 Å². The van der Waals surface area contributed by atoms with Crippen LogP contribution in [0.3, 0.4) is 0 Å². The zero-order chi connectivity index (χ0) is 11.7. The maximum absolute atomic E-state index is 12.1. The number of hydrogen-bond donors (Lipinski definition) is 1. The molecular weight excluding hydrogens is 242 g/mol. The van der Waals surface area contributed by atoms with Gasteiger partial charge in [0, 0.05) is 5.56 Å². The second-order valence-corrected chi connectivity index (χ2v) is 4.82. The highest BCUT2D eigenvalue weighted by Crippen LogP contribution is 2.24. The summed E-state index contributed by atoms with van der Waals surface area (Å²) in [5.41, 5.74) is 7.67. The van der Waals surface area contributed by atoms with Crippen LogP contribution < -0.4 is 5.73 Å². The lowest BCUT2D eigenvalue weighted by Crippen LogP contribution is -2.01. The number of halogens is 1. The molecule has 0 atom stereocenters. The molecule has 0 aliphatic carbocycles. The number of thiophene rings is 1. The van der Waals surface area contributed by atoms with Crippen LogP contribution in [0.2, 0.25) is 5.02 Å². The third-order valence-electron chi connectivity index (χ3n) is 2.33. The number of carbonyl (C=O) groups excluding carboxylic acids is 1. The van der Waals surface area contributed by atoms with E-state index in [0.717, 1.165) is 10.4 Å². The lowest BCUT2D eigenvalue weighted by Gasteiger charge is -2.02. The molecule has 2 N–H and O–H groups in total. The molecule has 0 aliphatic heterocycles. The van der Waals surface area contributed by atoms with Crippen LogP contribution in [-0.2, 0) is 0 Å². The van der Waals surface area contributed by atoms with Crippen LogP contribution in [0.15, 0.2) is 29.6 Å². The van der Waals surface area contributed by atoms with Gasteiger partial charge in [0.05, 0.1) is 15.6 Å². The van der Waals surface area contributed by atoms with Gasteiger partial charge in [0.1, 0.15) is 0 Å². The summed E-state index contributed by atoms with van der Waals surface area (Å²) in [5, 5.41) is 2.38. The molecule has 4 heteroatoms. The largest absolute Gasteiger partial charge is 0.398 e. The third-order valence-corrected chi connectivity index (χ3v) is 3.69. The number of ketones is 1.